The molecule has 1 aromatic rings. The molecule has 0 radical (unpaired) electrons. The van der Waals surface area contributed by atoms with Crippen molar-refractivity contribution >= 4 is 11.9 Å². The summed E-state index contributed by atoms with van der Waals surface area (Å²) in [7, 11) is 1.68. The molecule has 1 aromatic carbocycles. The van der Waals surface area contributed by atoms with E-state index in [-0.39, 0.29) is 0 Å². The molecule has 0 bridgehead atoms. The molecular formula is C17H26N2O5. The van der Waals surface area contributed by atoms with Gasteiger partial charge in [0.1, 0.15) is 5.75 Å². The number of carbonyl (C=O) groups is 2. The van der Waals surface area contributed by atoms with Gasteiger partial charge in [-0.25, -0.2) is 14.6 Å². The van der Waals surface area contributed by atoms with Crippen LogP contribution in [0.15, 0.2) is 36.4 Å². The van der Waals surface area contributed by atoms with Crippen LogP contribution in [0.5, 0.6) is 5.75 Å². The molecule has 1 rings (SSSR count). The second-order valence-electron chi connectivity index (χ2n) is 5.50. The van der Waals surface area contributed by atoms with E-state index in [0.717, 1.165) is 25.3 Å². The highest BCUT2D eigenvalue weighted by molar-refractivity contribution is 5.89. The predicted octanol–water partition coefficient (Wildman–Crippen LogP) is 1.78. The Morgan fingerprint density at radius 2 is 1.67 bits per heavy atom. The van der Waals surface area contributed by atoms with Crippen molar-refractivity contribution in [3.63, 3.8) is 0 Å². The molecule has 7 heteroatoms. The number of hydrogen-bond donors (Lipinski definition) is 3. The number of benzene rings is 1. The maximum Gasteiger partial charge on any atom is 0.328 e. The Morgan fingerprint density at radius 3 is 2.04 bits per heavy atom. The van der Waals surface area contributed by atoms with Crippen LogP contribution in [-0.2, 0) is 16.0 Å². The summed E-state index contributed by atoms with van der Waals surface area (Å²) in [4.78, 5) is 19.1. The van der Waals surface area contributed by atoms with Crippen molar-refractivity contribution in [3.05, 3.63) is 42.0 Å². The van der Waals surface area contributed by atoms with Gasteiger partial charge in [0, 0.05) is 25.2 Å². The number of hydrazine groups is 1. The Labute approximate surface area is 142 Å². The topological polar surface area (TPSA) is 113 Å². The summed E-state index contributed by atoms with van der Waals surface area (Å²) in [5.41, 5.74) is 1.29. The zero-order valence-corrected chi connectivity index (χ0v) is 14.3. The summed E-state index contributed by atoms with van der Waals surface area (Å²) in [6.07, 6.45) is 2.10. The van der Waals surface area contributed by atoms with Crippen molar-refractivity contribution in [2.45, 2.75) is 20.3 Å². The van der Waals surface area contributed by atoms with Gasteiger partial charge in [-0.3, -0.25) is 5.84 Å². The normalized spacial score (nSPS) is 10.6. The average molecular weight is 338 g/mol. The number of carboxylic acids is 2. The maximum absolute atomic E-state index is 9.55. The lowest BCUT2D eigenvalue weighted by molar-refractivity contribution is -0.134. The number of carboxylic acid groups (broad SMARTS) is 2. The first-order chi connectivity index (χ1) is 11.2. The smallest absolute Gasteiger partial charge is 0.328 e. The lowest BCUT2D eigenvalue weighted by Gasteiger charge is -2.18. The second kappa shape index (κ2) is 12.1. The highest BCUT2D eigenvalue weighted by Gasteiger charge is 2.02. The molecule has 0 aliphatic carbocycles. The highest BCUT2D eigenvalue weighted by atomic mass is 16.5. The van der Waals surface area contributed by atoms with Crippen molar-refractivity contribution < 1.29 is 24.5 Å². The standard InChI is InChI=1S/C13H22N2O.C4H4O4/c1-11(2)10-15(14)9-8-12-4-6-13(16-3)7-5-12;5-3(6)1-2-4(7)8/h4-7,11H,8-10,14H2,1-3H3;1-2H,(H,5,6)(H,7,8)/b;2-1-. The molecule has 0 aliphatic rings. The third-order valence-corrected chi connectivity index (χ3v) is 2.81. The van der Waals surface area contributed by atoms with E-state index in [0.29, 0.717) is 18.1 Å². The van der Waals surface area contributed by atoms with Crippen molar-refractivity contribution in [1.82, 2.24) is 5.01 Å². The first kappa shape index (κ1) is 21.6. The monoisotopic (exact) mass is 338 g/mol. The molecule has 0 aromatic heterocycles. The second-order valence-corrected chi connectivity index (χ2v) is 5.50. The zero-order chi connectivity index (χ0) is 18.5. The van der Waals surface area contributed by atoms with Crippen LogP contribution in [0.25, 0.3) is 0 Å². The van der Waals surface area contributed by atoms with Crippen LogP contribution < -0.4 is 10.6 Å². The lowest BCUT2D eigenvalue weighted by atomic mass is 10.1. The Balaban J connectivity index is 0.000000561. The van der Waals surface area contributed by atoms with Crippen LogP contribution in [0.4, 0.5) is 0 Å². The zero-order valence-electron chi connectivity index (χ0n) is 14.3. The molecule has 0 unspecified atom stereocenters. The average Bonchev–Trinajstić information content (AvgIpc) is 2.51. The SMILES string of the molecule is COc1ccc(CCN(N)CC(C)C)cc1.O=C(O)/C=C\C(=O)O. The van der Waals surface area contributed by atoms with Gasteiger partial charge in [0.2, 0.25) is 0 Å². The van der Waals surface area contributed by atoms with Crippen LogP contribution in [0.1, 0.15) is 19.4 Å². The van der Waals surface area contributed by atoms with Crippen molar-refractivity contribution in [1.29, 1.82) is 0 Å². The van der Waals surface area contributed by atoms with Crippen LogP contribution in [0.3, 0.4) is 0 Å². The molecule has 134 valence electrons. The minimum absolute atomic E-state index is 0.558. The number of ether oxygens (including phenoxy) is 1. The number of nitrogens with zero attached hydrogens (tertiary/aromatic N) is 1. The van der Waals surface area contributed by atoms with E-state index < -0.39 is 11.9 Å². The maximum atomic E-state index is 9.55. The Bertz CT molecular complexity index is 510. The fourth-order valence-corrected chi connectivity index (χ4v) is 1.77. The summed E-state index contributed by atoms with van der Waals surface area (Å²) in [5, 5.41) is 17.5. The number of methoxy groups -OCH3 is 1. The molecule has 0 amide bonds. The van der Waals surface area contributed by atoms with E-state index in [9.17, 15) is 9.59 Å². The molecule has 7 nitrogen and oxygen atoms in total. The van der Waals surface area contributed by atoms with Crippen molar-refractivity contribution in [2.24, 2.45) is 11.8 Å². The number of nitrogens with two attached hydrogens (primary N) is 1. The van der Waals surface area contributed by atoms with Crippen LogP contribution in [-0.4, -0.2) is 47.4 Å². The highest BCUT2D eigenvalue weighted by Crippen LogP contribution is 2.11. The number of rotatable bonds is 8. The van der Waals surface area contributed by atoms with Crippen LogP contribution >= 0.6 is 0 Å². The van der Waals surface area contributed by atoms with Crippen molar-refractivity contribution in [3.8, 4) is 5.75 Å². The van der Waals surface area contributed by atoms with E-state index >= 15 is 0 Å². The Kier molecular flexibility index (Phi) is 10.9. The molecule has 0 saturated carbocycles. The third kappa shape index (κ3) is 12.2. The minimum atomic E-state index is -1.26. The van der Waals surface area contributed by atoms with Gasteiger partial charge in [-0.15, -0.1) is 0 Å². The summed E-state index contributed by atoms with van der Waals surface area (Å²) >= 11 is 0. The van der Waals surface area contributed by atoms with E-state index in [4.69, 9.17) is 20.8 Å². The number of aliphatic carboxylic acids is 2. The molecule has 4 N–H and O–H groups in total. The quantitative estimate of drug-likeness (QED) is 0.376. The van der Waals surface area contributed by atoms with Gasteiger partial charge in [0.05, 0.1) is 7.11 Å². The largest absolute Gasteiger partial charge is 0.497 e. The molecule has 24 heavy (non-hydrogen) atoms. The first-order valence-corrected chi connectivity index (χ1v) is 7.51. The van der Waals surface area contributed by atoms with Gasteiger partial charge in [0.15, 0.2) is 0 Å². The fraction of sp³-hybridized carbons (Fsp3) is 0.412. The molecule has 0 atom stereocenters. The summed E-state index contributed by atoms with van der Waals surface area (Å²) in [5.74, 6) is 4.88. The van der Waals surface area contributed by atoms with E-state index in [1.807, 2.05) is 17.1 Å². The van der Waals surface area contributed by atoms with Gasteiger partial charge >= 0.3 is 11.9 Å². The van der Waals surface area contributed by atoms with Gasteiger partial charge in [-0.2, -0.15) is 0 Å². The van der Waals surface area contributed by atoms with Crippen LogP contribution in [0.2, 0.25) is 0 Å². The summed E-state index contributed by atoms with van der Waals surface area (Å²) < 4.78 is 5.11. The van der Waals surface area contributed by atoms with E-state index in [2.05, 4.69) is 26.0 Å². The molecule has 0 aliphatic heterocycles. The Hall–Kier alpha value is -2.38. The fourth-order valence-electron chi connectivity index (χ4n) is 1.77. The van der Waals surface area contributed by atoms with Gasteiger partial charge in [0.25, 0.3) is 0 Å². The van der Waals surface area contributed by atoms with E-state index in [1.54, 1.807) is 7.11 Å². The molecule has 0 fully saturated rings. The molecular weight excluding hydrogens is 312 g/mol. The summed E-state index contributed by atoms with van der Waals surface area (Å²) in [6, 6.07) is 8.14. The van der Waals surface area contributed by atoms with Gasteiger partial charge in [-0.1, -0.05) is 26.0 Å². The predicted molar refractivity (Wildman–Crippen MR) is 91.7 cm³/mol. The van der Waals surface area contributed by atoms with Crippen LogP contribution in [0, 0.1) is 5.92 Å². The lowest BCUT2D eigenvalue weighted by Crippen LogP contribution is -2.36. The first-order valence-electron chi connectivity index (χ1n) is 7.51. The molecule has 0 spiro atoms. The van der Waals surface area contributed by atoms with Crippen molar-refractivity contribution in [2.75, 3.05) is 20.2 Å². The van der Waals surface area contributed by atoms with Gasteiger partial charge in [-0.05, 0) is 30.0 Å². The third-order valence-electron chi connectivity index (χ3n) is 2.81. The Morgan fingerprint density at radius 1 is 1.17 bits per heavy atom. The minimum Gasteiger partial charge on any atom is -0.497 e. The summed E-state index contributed by atoms with van der Waals surface area (Å²) in [6.45, 7) is 6.18. The molecule has 0 heterocycles. The molecule has 0 saturated heterocycles. The van der Waals surface area contributed by atoms with E-state index in [1.165, 1.54) is 5.56 Å². The van der Waals surface area contributed by atoms with Gasteiger partial charge < -0.3 is 14.9 Å². The number of hydrogen-bond acceptors (Lipinski definition) is 5.